The summed E-state index contributed by atoms with van der Waals surface area (Å²) >= 11 is 0. The lowest BCUT2D eigenvalue weighted by Gasteiger charge is -2.16. The molecule has 0 saturated carbocycles. The Morgan fingerprint density at radius 3 is 2.27 bits per heavy atom. The zero-order valence-corrected chi connectivity index (χ0v) is 14.7. The van der Waals surface area contributed by atoms with Crippen LogP contribution in [0.3, 0.4) is 0 Å². The number of allylic oxidation sites excluding steroid dienone is 10. The predicted molar refractivity (Wildman–Crippen MR) is 102 cm³/mol. The van der Waals surface area contributed by atoms with Crippen molar-refractivity contribution in [3.05, 3.63) is 84.2 Å². The van der Waals surface area contributed by atoms with Crippen LogP contribution in [0.2, 0.25) is 0 Å². The van der Waals surface area contributed by atoms with Gasteiger partial charge in [0, 0.05) is 17.8 Å². The van der Waals surface area contributed by atoms with Crippen LogP contribution < -0.4 is 5.32 Å². The molecule has 0 bridgehead atoms. The standard InChI is InChI=1S/C21H31N/c1-7-10-11-12-13-14-15-17-19(5)21(18(4)16-8-2)20(6)22-9-3/h7-8,10-14,16,22H,5-6,9,15,17H2,1-4H3/b10-7-,12-11-,14-13+,16-8-,21-18+. The summed E-state index contributed by atoms with van der Waals surface area (Å²) in [6.07, 6.45) is 18.4. The third kappa shape index (κ3) is 8.31. The van der Waals surface area contributed by atoms with E-state index < -0.39 is 0 Å². The SMILES string of the molecule is C=C(CC/C=C/C=C\C=C/C)/C(C(=C)NCC)=C(C)\C=C/C. The number of rotatable bonds is 10. The Bertz CT molecular complexity index is 496. The monoisotopic (exact) mass is 297 g/mol. The first kappa shape index (κ1) is 20.0. The molecule has 0 atom stereocenters. The molecule has 0 aliphatic rings. The Kier molecular flexibility index (Phi) is 11.5. The van der Waals surface area contributed by atoms with Crippen LogP contribution in [0.15, 0.2) is 84.2 Å². The number of nitrogens with one attached hydrogen (secondary N) is 1. The molecule has 120 valence electrons. The van der Waals surface area contributed by atoms with Gasteiger partial charge < -0.3 is 5.32 Å². The van der Waals surface area contributed by atoms with Crippen molar-refractivity contribution in [1.82, 2.24) is 5.32 Å². The van der Waals surface area contributed by atoms with Crippen LogP contribution in [0.25, 0.3) is 0 Å². The van der Waals surface area contributed by atoms with E-state index in [9.17, 15) is 0 Å². The van der Waals surface area contributed by atoms with E-state index in [1.165, 1.54) is 5.57 Å². The van der Waals surface area contributed by atoms with Gasteiger partial charge in [-0.05, 0) is 51.7 Å². The summed E-state index contributed by atoms with van der Waals surface area (Å²) in [6.45, 7) is 17.5. The summed E-state index contributed by atoms with van der Waals surface area (Å²) in [6, 6.07) is 0. The molecule has 0 saturated heterocycles. The predicted octanol–water partition coefficient (Wildman–Crippen LogP) is 6.03. The largest absolute Gasteiger partial charge is 0.385 e. The van der Waals surface area contributed by atoms with Crippen LogP contribution in [-0.2, 0) is 0 Å². The molecule has 1 heteroatoms. The first-order valence-corrected chi connectivity index (χ1v) is 7.97. The summed E-state index contributed by atoms with van der Waals surface area (Å²) in [4.78, 5) is 0. The molecule has 0 rings (SSSR count). The topological polar surface area (TPSA) is 12.0 Å². The third-order valence-electron chi connectivity index (χ3n) is 3.13. The second-order valence-corrected chi connectivity index (χ2v) is 5.05. The van der Waals surface area contributed by atoms with E-state index in [1.54, 1.807) is 0 Å². The zero-order chi connectivity index (χ0) is 16.8. The molecule has 1 nitrogen and oxygen atoms in total. The maximum Gasteiger partial charge on any atom is 0.0345 e. The van der Waals surface area contributed by atoms with E-state index in [0.29, 0.717) is 0 Å². The van der Waals surface area contributed by atoms with Gasteiger partial charge in [-0.3, -0.25) is 0 Å². The molecule has 0 unspecified atom stereocenters. The van der Waals surface area contributed by atoms with E-state index in [-0.39, 0.29) is 0 Å². The van der Waals surface area contributed by atoms with Crippen LogP contribution in [-0.4, -0.2) is 6.54 Å². The summed E-state index contributed by atoms with van der Waals surface area (Å²) in [7, 11) is 0. The summed E-state index contributed by atoms with van der Waals surface area (Å²) in [5.74, 6) is 0. The van der Waals surface area contributed by atoms with Gasteiger partial charge in [0.15, 0.2) is 0 Å². The van der Waals surface area contributed by atoms with Gasteiger partial charge in [-0.25, -0.2) is 0 Å². The summed E-state index contributed by atoms with van der Waals surface area (Å²) < 4.78 is 0. The molecule has 1 N–H and O–H groups in total. The Morgan fingerprint density at radius 2 is 1.68 bits per heavy atom. The maximum atomic E-state index is 4.25. The lowest BCUT2D eigenvalue weighted by molar-refractivity contribution is 0.855. The molecule has 0 heterocycles. The number of hydrogen-bond acceptors (Lipinski definition) is 1. The molecule has 0 aromatic carbocycles. The van der Waals surface area contributed by atoms with E-state index >= 15 is 0 Å². The quantitative estimate of drug-likeness (QED) is 0.486. The lowest BCUT2D eigenvalue weighted by Crippen LogP contribution is -2.14. The Hall–Kier alpha value is -2.02. The second kappa shape index (κ2) is 12.7. The maximum absolute atomic E-state index is 4.25. The molecule has 0 aliphatic heterocycles. The van der Waals surface area contributed by atoms with Gasteiger partial charge in [-0.15, -0.1) is 0 Å². The average Bonchev–Trinajstić information content (AvgIpc) is 2.47. The smallest absolute Gasteiger partial charge is 0.0345 e. The van der Waals surface area contributed by atoms with E-state index in [1.807, 2.05) is 44.2 Å². The molecular weight excluding hydrogens is 266 g/mol. The van der Waals surface area contributed by atoms with Crippen LogP contribution >= 0.6 is 0 Å². The van der Waals surface area contributed by atoms with Gasteiger partial charge in [0.25, 0.3) is 0 Å². The van der Waals surface area contributed by atoms with Crippen molar-refractivity contribution in [1.29, 1.82) is 0 Å². The van der Waals surface area contributed by atoms with Gasteiger partial charge in [-0.2, -0.15) is 0 Å². The lowest BCUT2D eigenvalue weighted by atomic mass is 9.95. The van der Waals surface area contributed by atoms with Crippen molar-refractivity contribution in [2.75, 3.05) is 6.54 Å². The highest BCUT2D eigenvalue weighted by molar-refractivity contribution is 5.49. The van der Waals surface area contributed by atoms with Crippen molar-refractivity contribution in [3.63, 3.8) is 0 Å². The highest BCUT2D eigenvalue weighted by Gasteiger charge is 2.08. The summed E-state index contributed by atoms with van der Waals surface area (Å²) in [5, 5.41) is 3.31. The van der Waals surface area contributed by atoms with Gasteiger partial charge >= 0.3 is 0 Å². The number of hydrogen-bond donors (Lipinski definition) is 1. The van der Waals surface area contributed by atoms with E-state index in [2.05, 4.69) is 50.6 Å². The van der Waals surface area contributed by atoms with Crippen LogP contribution in [0.4, 0.5) is 0 Å². The molecule has 0 radical (unpaired) electrons. The normalized spacial score (nSPS) is 13.5. The van der Waals surface area contributed by atoms with Crippen molar-refractivity contribution < 1.29 is 0 Å². The van der Waals surface area contributed by atoms with Crippen molar-refractivity contribution in [3.8, 4) is 0 Å². The first-order chi connectivity index (χ1) is 10.6. The van der Waals surface area contributed by atoms with Crippen molar-refractivity contribution >= 4 is 0 Å². The molecular formula is C21H31N. The molecule has 22 heavy (non-hydrogen) atoms. The molecule has 0 aliphatic carbocycles. The molecule has 0 spiro atoms. The second-order valence-electron chi connectivity index (χ2n) is 5.05. The van der Waals surface area contributed by atoms with Crippen molar-refractivity contribution in [2.45, 2.75) is 40.5 Å². The minimum atomic E-state index is 0.869. The zero-order valence-electron chi connectivity index (χ0n) is 14.7. The molecule has 0 fully saturated rings. The van der Waals surface area contributed by atoms with Gasteiger partial charge in [0.05, 0.1) is 0 Å². The van der Waals surface area contributed by atoms with Crippen LogP contribution in [0.1, 0.15) is 40.5 Å². The highest BCUT2D eigenvalue weighted by atomic mass is 14.9. The Balaban J connectivity index is 4.79. The molecule has 0 amide bonds. The van der Waals surface area contributed by atoms with Crippen LogP contribution in [0.5, 0.6) is 0 Å². The van der Waals surface area contributed by atoms with E-state index in [4.69, 9.17) is 0 Å². The minimum absolute atomic E-state index is 0.869. The molecule has 0 aromatic heterocycles. The highest BCUT2D eigenvalue weighted by Crippen LogP contribution is 2.24. The van der Waals surface area contributed by atoms with Crippen LogP contribution in [0, 0.1) is 0 Å². The van der Waals surface area contributed by atoms with Gasteiger partial charge in [0.2, 0.25) is 0 Å². The van der Waals surface area contributed by atoms with Crippen molar-refractivity contribution in [2.24, 2.45) is 0 Å². The fraction of sp³-hybridized carbons (Fsp3) is 0.333. The first-order valence-electron chi connectivity index (χ1n) is 7.97. The fourth-order valence-electron chi connectivity index (χ4n) is 2.16. The molecule has 0 aromatic rings. The minimum Gasteiger partial charge on any atom is -0.385 e. The van der Waals surface area contributed by atoms with E-state index in [0.717, 1.165) is 36.2 Å². The third-order valence-corrected chi connectivity index (χ3v) is 3.13. The Morgan fingerprint density at radius 1 is 1.00 bits per heavy atom. The Labute approximate surface area is 137 Å². The van der Waals surface area contributed by atoms with Gasteiger partial charge in [0.1, 0.15) is 0 Å². The van der Waals surface area contributed by atoms with Gasteiger partial charge in [-0.1, -0.05) is 61.8 Å². The summed E-state index contributed by atoms with van der Waals surface area (Å²) in [5.41, 5.74) is 4.44. The average molecular weight is 297 g/mol. The fourth-order valence-corrected chi connectivity index (χ4v) is 2.16. The number of likely N-dealkylation sites (N-methyl/N-ethyl adjacent to an activating group) is 1.